The predicted molar refractivity (Wildman–Crippen MR) is 89.6 cm³/mol. The predicted octanol–water partition coefficient (Wildman–Crippen LogP) is 0.433. The summed E-state index contributed by atoms with van der Waals surface area (Å²) in [6, 6.07) is 4.64. The highest BCUT2D eigenvalue weighted by Crippen LogP contribution is 2.48. The summed E-state index contributed by atoms with van der Waals surface area (Å²) in [6.45, 7) is 5.26. The van der Waals surface area contributed by atoms with Gasteiger partial charge in [0.2, 0.25) is 11.8 Å². The molecule has 134 valence electrons. The van der Waals surface area contributed by atoms with Gasteiger partial charge in [-0.05, 0) is 12.0 Å². The summed E-state index contributed by atoms with van der Waals surface area (Å²) in [5, 5.41) is 0. The highest BCUT2D eigenvalue weighted by Gasteiger charge is 2.65. The first-order valence-electron chi connectivity index (χ1n) is 8.85. The topological polar surface area (TPSA) is 71.8 Å². The molecule has 2 amide bonds. The van der Waals surface area contributed by atoms with Crippen LogP contribution in [0.3, 0.4) is 0 Å². The maximum Gasteiger partial charge on any atom is 0.250 e. The van der Waals surface area contributed by atoms with Crippen LogP contribution in [0.4, 0.5) is 0 Å². The first kappa shape index (κ1) is 16.3. The van der Waals surface area contributed by atoms with Crippen molar-refractivity contribution in [3.8, 4) is 0 Å². The van der Waals surface area contributed by atoms with Crippen molar-refractivity contribution in [3.05, 3.63) is 34.7 Å². The standard InChI is InChI=1S/C18H23N3O4/c1-12(2)13-11-25-18-6-8-20(14(18)9-16(23)21(13)18)17(24)10-19-7-4-3-5-15(19)22/h3-5,7,12-14H,6,8-11H2,1-2H3/t13-,14+,18-/m0/s1. The number of amides is 2. The quantitative estimate of drug-likeness (QED) is 0.797. The molecule has 0 bridgehead atoms. The molecule has 1 spiro atoms. The molecule has 1 aromatic rings. The number of nitrogens with zero attached hydrogens (tertiary/aromatic N) is 3. The zero-order valence-corrected chi connectivity index (χ0v) is 14.6. The van der Waals surface area contributed by atoms with E-state index in [9.17, 15) is 14.4 Å². The van der Waals surface area contributed by atoms with Crippen LogP contribution in [0, 0.1) is 5.92 Å². The molecular weight excluding hydrogens is 322 g/mol. The van der Waals surface area contributed by atoms with Crippen LogP contribution in [-0.2, 0) is 20.9 Å². The Morgan fingerprint density at radius 3 is 2.88 bits per heavy atom. The van der Waals surface area contributed by atoms with E-state index in [1.54, 1.807) is 23.2 Å². The van der Waals surface area contributed by atoms with E-state index in [4.69, 9.17) is 4.74 Å². The van der Waals surface area contributed by atoms with Crippen LogP contribution < -0.4 is 5.56 Å². The second kappa shape index (κ2) is 5.69. The van der Waals surface area contributed by atoms with Gasteiger partial charge in [0.15, 0.2) is 5.72 Å². The van der Waals surface area contributed by atoms with Gasteiger partial charge in [0, 0.05) is 25.2 Å². The number of carbonyl (C=O) groups is 2. The van der Waals surface area contributed by atoms with Gasteiger partial charge in [0.1, 0.15) is 6.54 Å². The second-order valence-electron chi connectivity index (χ2n) is 7.45. The molecule has 0 radical (unpaired) electrons. The lowest BCUT2D eigenvalue weighted by Gasteiger charge is -2.34. The number of aromatic nitrogens is 1. The lowest BCUT2D eigenvalue weighted by atomic mass is 10.0. The lowest BCUT2D eigenvalue weighted by Crippen LogP contribution is -2.51. The largest absolute Gasteiger partial charge is 0.351 e. The summed E-state index contributed by atoms with van der Waals surface area (Å²) >= 11 is 0. The van der Waals surface area contributed by atoms with Crippen molar-refractivity contribution in [2.24, 2.45) is 5.92 Å². The minimum atomic E-state index is -0.663. The molecule has 3 atom stereocenters. The molecule has 3 aliphatic rings. The fourth-order valence-corrected chi connectivity index (χ4v) is 4.50. The zero-order valence-electron chi connectivity index (χ0n) is 14.6. The minimum Gasteiger partial charge on any atom is -0.351 e. The molecule has 7 nitrogen and oxygen atoms in total. The van der Waals surface area contributed by atoms with Crippen LogP contribution in [0.15, 0.2) is 29.2 Å². The summed E-state index contributed by atoms with van der Waals surface area (Å²) in [7, 11) is 0. The van der Waals surface area contributed by atoms with Gasteiger partial charge < -0.3 is 19.1 Å². The summed E-state index contributed by atoms with van der Waals surface area (Å²) in [5.41, 5.74) is -0.866. The second-order valence-corrected chi connectivity index (χ2v) is 7.45. The third-order valence-corrected chi connectivity index (χ3v) is 5.78. The Hall–Kier alpha value is -2.15. The van der Waals surface area contributed by atoms with E-state index in [0.717, 1.165) is 0 Å². The molecule has 3 aliphatic heterocycles. The molecule has 0 unspecified atom stereocenters. The van der Waals surface area contributed by atoms with E-state index < -0.39 is 5.72 Å². The van der Waals surface area contributed by atoms with Gasteiger partial charge >= 0.3 is 0 Å². The maximum atomic E-state index is 12.8. The Kier molecular flexibility index (Phi) is 3.72. The van der Waals surface area contributed by atoms with Crippen molar-refractivity contribution in [1.82, 2.24) is 14.4 Å². The Morgan fingerprint density at radius 1 is 1.36 bits per heavy atom. The van der Waals surface area contributed by atoms with Crippen molar-refractivity contribution in [3.63, 3.8) is 0 Å². The van der Waals surface area contributed by atoms with Gasteiger partial charge in [0.25, 0.3) is 5.56 Å². The Balaban J connectivity index is 1.57. The van der Waals surface area contributed by atoms with E-state index in [1.807, 2.05) is 4.90 Å². The molecule has 1 aromatic heterocycles. The first-order valence-corrected chi connectivity index (χ1v) is 8.85. The Morgan fingerprint density at radius 2 is 2.16 bits per heavy atom. The van der Waals surface area contributed by atoms with Gasteiger partial charge in [-0.15, -0.1) is 0 Å². The van der Waals surface area contributed by atoms with Crippen LogP contribution in [0.5, 0.6) is 0 Å². The van der Waals surface area contributed by atoms with Crippen LogP contribution in [0.1, 0.15) is 26.7 Å². The molecule has 25 heavy (non-hydrogen) atoms. The van der Waals surface area contributed by atoms with E-state index >= 15 is 0 Å². The molecule has 0 aromatic carbocycles. The SMILES string of the molecule is CC(C)[C@@H]1CO[C@@]23CCN(C(=O)Cn4ccccc4=O)[C@@H]2CC(=O)N13. The molecule has 4 rings (SSSR count). The van der Waals surface area contributed by atoms with Crippen molar-refractivity contribution in [1.29, 1.82) is 0 Å². The molecule has 0 N–H and O–H groups in total. The maximum absolute atomic E-state index is 12.8. The van der Waals surface area contributed by atoms with E-state index in [1.165, 1.54) is 10.6 Å². The van der Waals surface area contributed by atoms with Gasteiger partial charge in [-0.2, -0.15) is 0 Å². The van der Waals surface area contributed by atoms with Crippen LogP contribution in [0.25, 0.3) is 0 Å². The summed E-state index contributed by atoms with van der Waals surface area (Å²) in [6.07, 6.45) is 2.56. The smallest absolute Gasteiger partial charge is 0.250 e. The summed E-state index contributed by atoms with van der Waals surface area (Å²) in [4.78, 5) is 40.9. The average Bonchev–Trinajstić information content (AvgIpc) is 3.19. The first-order chi connectivity index (χ1) is 11.9. The number of ether oxygens (including phenoxy) is 1. The third kappa shape index (κ3) is 2.33. The van der Waals surface area contributed by atoms with Crippen molar-refractivity contribution >= 4 is 11.8 Å². The fourth-order valence-electron chi connectivity index (χ4n) is 4.50. The lowest BCUT2D eigenvalue weighted by molar-refractivity contribution is -0.142. The Bertz CT molecular complexity index is 774. The summed E-state index contributed by atoms with van der Waals surface area (Å²) in [5.74, 6) is 0.242. The monoisotopic (exact) mass is 345 g/mol. The van der Waals surface area contributed by atoms with Crippen molar-refractivity contribution < 1.29 is 14.3 Å². The number of hydrogen-bond acceptors (Lipinski definition) is 4. The average molecular weight is 345 g/mol. The zero-order chi connectivity index (χ0) is 17.8. The van der Waals surface area contributed by atoms with Gasteiger partial charge in [-0.3, -0.25) is 14.4 Å². The molecule has 7 heteroatoms. The van der Waals surface area contributed by atoms with E-state index in [0.29, 0.717) is 31.9 Å². The molecule has 0 saturated carbocycles. The van der Waals surface area contributed by atoms with Crippen LogP contribution in [-0.4, -0.2) is 57.1 Å². The van der Waals surface area contributed by atoms with Crippen LogP contribution in [0.2, 0.25) is 0 Å². The van der Waals surface area contributed by atoms with Gasteiger partial charge in [0.05, 0.1) is 25.1 Å². The number of carbonyl (C=O) groups excluding carboxylic acids is 2. The van der Waals surface area contributed by atoms with Crippen molar-refractivity contribution in [2.45, 2.75) is 51.0 Å². The van der Waals surface area contributed by atoms with Gasteiger partial charge in [-0.25, -0.2) is 0 Å². The highest BCUT2D eigenvalue weighted by molar-refractivity contribution is 5.85. The normalized spacial score (nSPS) is 30.9. The van der Waals surface area contributed by atoms with E-state index in [2.05, 4.69) is 13.8 Å². The number of likely N-dealkylation sites (tertiary alicyclic amines) is 1. The van der Waals surface area contributed by atoms with E-state index in [-0.39, 0.29) is 36.0 Å². The summed E-state index contributed by atoms with van der Waals surface area (Å²) < 4.78 is 7.53. The molecule has 0 aliphatic carbocycles. The molecule has 4 heterocycles. The third-order valence-electron chi connectivity index (χ3n) is 5.78. The fraction of sp³-hybridized carbons (Fsp3) is 0.611. The Labute approximate surface area is 146 Å². The molecular formula is C18H23N3O4. The number of pyridine rings is 1. The number of hydrogen-bond donors (Lipinski definition) is 0. The van der Waals surface area contributed by atoms with Gasteiger partial charge in [-0.1, -0.05) is 19.9 Å². The highest BCUT2D eigenvalue weighted by atomic mass is 16.5. The van der Waals surface area contributed by atoms with Crippen molar-refractivity contribution in [2.75, 3.05) is 13.2 Å². The van der Waals surface area contributed by atoms with Crippen LogP contribution >= 0.6 is 0 Å². The molecule has 3 fully saturated rings. The number of rotatable bonds is 3. The molecule has 3 saturated heterocycles. The minimum absolute atomic E-state index is 0.00590.